The van der Waals surface area contributed by atoms with Gasteiger partial charge in [-0.2, -0.15) is 0 Å². The summed E-state index contributed by atoms with van der Waals surface area (Å²) < 4.78 is 5.37. The van der Waals surface area contributed by atoms with Gasteiger partial charge >= 0.3 is 0 Å². The van der Waals surface area contributed by atoms with Crippen molar-refractivity contribution in [3.05, 3.63) is 58.7 Å². The molecule has 0 heterocycles. The van der Waals surface area contributed by atoms with Gasteiger partial charge in [0.05, 0.1) is 13.5 Å². The first-order valence-electron chi connectivity index (χ1n) is 7.24. The minimum atomic E-state index is -0.497. The number of aryl methyl sites for hydroxylation is 2. The van der Waals surface area contributed by atoms with Crippen LogP contribution in [0.4, 0.5) is 5.69 Å². The first kappa shape index (κ1) is 16.5. The molecule has 0 aliphatic rings. The first-order valence-corrected chi connectivity index (χ1v) is 7.24. The van der Waals surface area contributed by atoms with Crippen molar-refractivity contribution >= 4 is 17.5 Å². The van der Waals surface area contributed by atoms with E-state index in [-0.39, 0.29) is 12.3 Å². The fraction of sp³-hybridized carbons (Fsp3) is 0.222. The lowest BCUT2D eigenvalue weighted by molar-refractivity contribution is -0.115. The summed E-state index contributed by atoms with van der Waals surface area (Å²) in [4.78, 5) is 23.3. The molecule has 5 heteroatoms. The number of hydrogen-bond donors (Lipinski definition) is 2. The molecule has 2 rings (SSSR count). The van der Waals surface area contributed by atoms with E-state index < -0.39 is 5.91 Å². The maximum absolute atomic E-state index is 12.2. The van der Waals surface area contributed by atoms with Crippen LogP contribution in [0.25, 0.3) is 0 Å². The Morgan fingerprint density at radius 2 is 1.78 bits per heavy atom. The molecule has 0 saturated heterocycles. The molecular weight excluding hydrogens is 292 g/mol. The van der Waals surface area contributed by atoms with Crippen molar-refractivity contribution in [3.63, 3.8) is 0 Å². The standard InChI is InChI=1S/C18H20N2O3/c1-11-8-12(2)15(16(9-11)23-3)10-17(21)20-14-6-4-13(5-7-14)18(19)22/h4-9H,10H2,1-3H3,(H2,19,22)(H,20,21). The Hall–Kier alpha value is -2.82. The summed E-state index contributed by atoms with van der Waals surface area (Å²) in [5, 5.41) is 2.80. The Bertz CT molecular complexity index is 737. The van der Waals surface area contributed by atoms with Crippen LogP contribution in [0.1, 0.15) is 27.0 Å². The Labute approximate surface area is 135 Å². The van der Waals surface area contributed by atoms with Crippen LogP contribution >= 0.6 is 0 Å². The highest BCUT2D eigenvalue weighted by molar-refractivity contribution is 5.95. The molecule has 0 aliphatic heterocycles. The van der Waals surface area contributed by atoms with Crippen molar-refractivity contribution < 1.29 is 14.3 Å². The van der Waals surface area contributed by atoms with Crippen LogP contribution in [-0.2, 0) is 11.2 Å². The lowest BCUT2D eigenvalue weighted by atomic mass is 10.0. The fourth-order valence-electron chi connectivity index (χ4n) is 2.45. The van der Waals surface area contributed by atoms with Crippen molar-refractivity contribution in [1.29, 1.82) is 0 Å². The zero-order chi connectivity index (χ0) is 17.0. The number of nitrogens with one attached hydrogen (secondary N) is 1. The van der Waals surface area contributed by atoms with Crippen molar-refractivity contribution in [2.45, 2.75) is 20.3 Å². The molecule has 0 saturated carbocycles. The largest absolute Gasteiger partial charge is 0.496 e. The molecule has 120 valence electrons. The van der Waals surface area contributed by atoms with Crippen molar-refractivity contribution in [2.24, 2.45) is 5.73 Å². The van der Waals surface area contributed by atoms with Gasteiger partial charge in [-0.15, -0.1) is 0 Å². The van der Waals surface area contributed by atoms with Crippen LogP contribution in [-0.4, -0.2) is 18.9 Å². The zero-order valence-corrected chi connectivity index (χ0v) is 13.5. The number of ether oxygens (including phenoxy) is 1. The van der Waals surface area contributed by atoms with Crippen molar-refractivity contribution in [3.8, 4) is 5.75 Å². The van der Waals surface area contributed by atoms with Gasteiger partial charge in [0.1, 0.15) is 5.75 Å². The molecule has 0 fully saturated rings. The molecule has 2 amide bonds. The smallest absolute Gasteiger partial charge is 0.248 e. The first-order chi connectivity index (χ1) is 10.9. The number of carbonyl (C=O) groups excluding carboxylic acids is 2. The van der Waals surface area contributed by atoms with E-state index in [1.54, 1.807) is 31.4 Å². The molecule has 0 spiro atoms. The SMILES string of the molecule is COc1cc(C)cc(C)c1CC(=O)Nc1ccc(C(N)=O)cc1. The summed E-state index contributed by atoms with van der Waals surface area (Å²) in [7, 11) is 1.60. The van der Waals surface area contributed by atoms with Gasteiger partial charge in [0.2, 0.25) is 11.8 Å². The highest BCUT2D eigenvalue weighted by atomic mass is 16.5. The van der Waals surface area contributed by atoms with E-state index in [0.29, 0.717) is 17.0 Å². The lowest BCUT2D eigenvalue weighted by Crippen LogP contribution is -2.16. The van der Waals surface area contributed by atoms with Gasteiger partial charge in [0.15, 0.2) is 0 Å². The summed E-state index contributed by atoms with van der Waals surface area (Å²) >= 11 is 0. The minimum absolute atomic E-state index is 0.151. The highest BCUT2D eigenvalue weighted by Gasteiger charge is 2.13. The van der Waals surface area contributed by atoms with E-state index in [4.69, 9.17) is 10.5 Å². The summed E-state index contributed by atoms with van der Waals surface area (Å²) in [6, 6.07) is 10.4. The van der Waals surface area contributed by atoms with Crippen LogP contribution in [0.5, 0.6) is 5.75 Å². The zero-order valence-electron chi connectivity index (χ0n) is 13.5. The van der Waals surface area contributed by atoms with Gasteiger partial charge in [-0.05, 0) is 55.3 Å². The third-order valence-corrected chi connectivity index (χ3v) is 3.59. The topological polar surface area (TPSA) is 81.4 Å². The van der Waals surface area contributed by atoms with E-state index in [9.17, 15) is 9.59 Å². The Morgan fingerprint density at radius 1 is 1.13 bits per heavy atom. The maximum Gasteiger partial charge on any atom is 0.248 e. The molecule has 0 unspecified atom stereocenters. The average Bonchev–Trinajstić information content (AvgIpc) is 2.50. The molecule has 2 aromatic rings. The predicted octanol–water partition coefficient (Wildman–Crippen LogP) is 2.59. The van der Waals surface area contributed by atoms with E-state index in [2.05, 4.69) is 5.32 Å². The quantitative estimate of drug-likeness (QED) is 0.890. The number of rotatable bonds is 5. The van der Waals surface area contributed by atoms with Crippen molar-refractivity contribution in [1.82, 2.24) is 0 Å². The molecule has 0 atom stereocenters. The number of benzene rings is 2. The van der Waals surface area contributed by atoms with Crippen LogP contribution in [0.15, 0.2) is 36.4 Å². The van der Waals surface area contributed by atoms with Crippen LogP contribution in [0.2, 0.25) is 0 Å². The number of carbonyl (C=O) groups is 2. The second kappa shape index (κ2) is 6.96. The van der Waals surface area contributed by atoms with E-state index in [1.807, 2.05) is 26.0 Å². The number of anilines is 1. The fourth-order valence-corrected chi connectivity index (χ4v) is 2.45. The van der Waals surface area contributed by atoms with Crippen LogP contribution < -0.4 is 15.8 Å². The molecule has 2 aromatic carbocycles. The molecule has 23 heavy (non-hydrogen) atoms. The molecule has 0 radical (unpaired) electrons. The van der Waals surface area contributed by atoms with Gasteiger partial charge < -0.3 is 15.8 Å². The monoisotopic (exact) mass is 312 g/mol. The van der Waals surface area contributed by atoms with Gasteiger partial charge in [0.25, 0.3) is 0 Å². The molecule has 5 nitrogen and oxygen atoms in total. The maximum atomic E-state index is 12.2. The molecular formula is C18H20N2O3. The number of nitrogens with two attached hydrogens (primary N) is 1. The van der Waals surface area contributed by atoms with E-state index in [0.717, 1.165) is 16.7 Å². The lowest BCUT2D eigenvalue weighted by Gasteiger charge is -2.13. The van der Waals surface area contributed by atoms with Gasteiger partial charge in [-0.3, -0.25) is 9.59 Å². The van der Waals surface area contributed by atoms with E-state index in [1.165, 1.54) is 0 Å². The summed E-state index contributed by atoms with van der Waals surface area (Å²) in [5.74, 6) is 0.0618. The molecule has 0 bridgehead atoms. The second-order valence-corrected chi connectivity index (χ2v) is 5.43. The minimum Gasteiger partial charge on any atom is -0.496 e. The number of primary amides is 1. The van der Waals surface area contributed by atoms with Gasteiger partial charge in [-0.25, -0.2) is 0 Å². The normalized spacial score (nSPS) is 10.2. The number of methoxy groups -OCH3 is 1. The summed E-state index contributed by atoms with van der Waals surface area (Å²) in [6.07, 6.45) is 0.215. The summed E-state index contributed by atoms with van der Waals surface area (Å²) in [6.45, 7) is 3.94. The predicted molar refractivity (Wildman–Crippen MR) is 89.8 cm³/mol. The average molecular weight is 312 g/mol. The Kier molecular flexibility index (Phi) is 5.01. The second-order valence-electron chi connectivity index (χ2n) is 5.43. The van der Waals surface area contributed by atoms with Gasteiger partial charge in [-0.1, -0.05) is 6.07 Å². The third kappa shape index (κ3) is 4.10. The van der Waals surface area contributed by atoms with Crippen molar-refractivity contribution in [2.75, 3.05) is 12.4 Å². The van der Waals surface area contributed by atoms with E-state index >= 15 is 0 Å². The van der Waals surface area contributed by atoms with Crippen LogP contribution in [0.3, 0.4) is 0 Å². The van der Waals surface area contributed by atoms with Crippen LogP contribution in [0, 0.1) is 13.8 Å². The summed E-state index contributed by atoms with van der Waals surface area (Å²) in [5.41, 5.74) is 9.17. The third-order valence-electron chi connectivity index (χ3n) is 3.59. The molecule has 3 N–H and O–H groups in total. The molecule has 0 aromatic heterocycles. The Morgan fingerprint density at radius 3 is 2.35 bits per heavy atom. The number of amides is 2. The highest BCUT2D eigenvalue weighted by Crippen LogP contribution is 2.25. The van der Waals surface area contributed by atoms with Gasteiger partial charge in [0, 0.05) is 16.8 Å². The number of hydrogen-bond acceptors (Lipinski definition) is 3. The molecule has 0 aliphatic carbocycles. The Balaban J connectivity index is 2.12.